The van der Waals surface area contributed by atoms with E-state index >= 15 is 0 Å². The van der Waals surface area contributed by atoms with Gasteiger partial charge in [-0.15, -0.1) is 0 Å². The van der Waals surface area contributed by atoms with Gasteiger partial charge >= 0.3 is 11.9 Å². The smallest absolute Gasteiger partial charge is 0.337 e. The zero-order valence-corrected chi connectivity index (χ0v) is 19.3. The van der Waals surface area contributed by atoms with E-state index in [1.54, 1.807) is 26.8 Å². The number of allylic oxidation sites excluding steroid dienone is 3. The lowest BCUT2D eigenvalue weighted by Gasteiger charge is -2.38. The Hall–Kier alpha value is -3.49. The van der Waals surface area contributed by atoms with Gasteiger partial charge in [0.2, 0.25) is 0 Å². The highest BCUT2D eigenvalue weighted by Crippen LogP contribution is 2.46. The maximum Gasteiger partial charge on any atom is 0.337 e. The molecule has 0 radical (unpaired) electrons. The number of dihydropyridines is 1. The molecule has 2 aliphatic rings. The van der Waals surface area contributed by atoms with Crippen LogP contribution in [-0.4, -0.2) is 35.9 Å². The zero-order valence-electron chi connectivity index (χ0n) is 19.3. The Bertz CT molecular complexity index is 1070. The Balaban J connectivity index is 2.20. The third-order valence-electron chi connectivity index (χ3n) is 6.26. The predicted octanol–water partition coefficient (Wildman–Crippen LogP) is 3.55. The summed E-state index contributed by atoms with van der Waals surface area (Å²) in [5.74, 6) is -3.97. The standard InChI is InChI=1S/C24H28N2O7/c1-6-13(3)33-24(29)19-14(4)25-17-10-12(2)18(23(28)32-5)22(27)21(17)20(19)15-8-7-9-16(11-15)26(30)31/h7-9,11-13,18,20,25H,6,10H2,1-5H3/t12-,13+,18-,20-/m1/s1. The van der Waals surface area contributed by atoms with Gasteiger partial charge in [0.05, 0.1) is 23.7 Å². The maximum absolute atomic E-state index is 13.6. The van der Waals surface area contributed by atoms with Crippen LogP contribution < -0.4 is 5.32 Å². The van der Waals surface area contributed by atoms with Gasteiger partial charge in [-0.2, -0.15) is 0 Å². The first-order chi connectivity index (χ1) is 15.6. The Morgan fingerprint density at radius 2 is 2.03 bits per heavy atom. The molecule has 9 nitrogen and oxygen atoms in total. The first-order valence-corrected chi connectivity index (χ1v) is 10.9. The van der Waals surface area contributed by atoms with Crippen molar-refractivity contribution >= 4 is 23.4 Å². The molecule has 176 valence electrons. The minimum atomic E-state index is -1.03. The number of nitro groups is 1. The summed E-state index contributed by atoms with van der Waals surface area (Å²) < 4.78 is 10.4. The van der Waals surface area contributed by atoms with Crippen molar-refractivity contribution in [3.8, 4) is 0 Å². The van der Waals surface area contributed by atoms with Gasteiger partial charge in [0.25, 0.3) is 5.69 Å². The molecule has 3 rings (SSSR count). The quantitative estimate of drug-likeness (QED) is 0.298. The molecule has 0 saturated heterocycles. The maximum atomic E-state index is 13.6. The first kappa shape index (κ1) is 24.2. The van der Waals surface area contributed by atoms with E-state index in [0.717, 1.165) is 0 Å². The van der Waals surface area contributed by atoms with Crippen LogP contribution in [0.25, 0.3) is 0 Å². The minimum absolute atomic E-state index is 0.165. The fourth-order valence-electron chi connectivity index (χ4n) is 4.43. The Morgan fingerprint density at radius 3 is 2.64 bits per heavy atom. The van der Waals surface area contributed by atoms with E-state index < -0.39 is 34.5 Å². The lowest BCUT2D eigenvalue weighted by Crippen LogP contribution is -2.43. The molecule has 0 unspecified atom stereocenters. The zero-order chi connectivity index (χ0) is 24.4. The highest BCUT2D eigenvalue weighted by Gasteiger charge is 2.47. The number of methoxy groups -OCH3 is 1. The largest absolute Gasteiger partial charge is 0.468 e. The van der Waals surface area contributed by atoms with Crippen LogP contribution in [0.5, 0.6) is 0 Å². The number of carbonyl (C=O) groups excluding carboxylic acids is 3. The number of benzene rings is 1. The molecule has 0 saturated carbocycles. The van der Waals surface area contributed by atoms with E-state index in [1.165, 1.54) is 25.3 Å². The number of rotatable bonds is 6. The molecule has 1 aromatic rings. The highest BCUT2D eigenvalue weighted by molar-refractivity contribution is 6.12. The number of hydrogen-bond donors (Lipinski definition) is 1. The van der Waals surface area contributed by atoms with Crippen molar-refractivity contribution in [3.05, 3.63) is 62.5 Å². The van der Waals surface area contributed by atoms with E-state index in [2.05, 4.69) is 5.32 Å². The van der Waals surface area contributed by atoms with Crippen LogP contribution in [0.1, 0.15) is 52.0 Å². The monoisotopic (exact) mass is 456 g/mol. The van der Waals surface area contributed by atoms with Gasteiger partial charge in [0.15, 0.2) is 5.78 Å². The van der Waals surface area contributed by atoms with E-state index in [4.69, 9.17) is 9.47 Å². The molecule has 0 spiro atoms. The van der Waals surface area contributed by atoms with E-state index in [1.807, 2.05) is 6.92 Å². The normalized spacial score (nSPS) is 23.4. The molecule has 0 aromatic heterocycles. The van der Waals surface area contributed by atoms with E-state index in [0.29, 0.717) is 29.8 Å². The summed E-state index contributed by atoms with van der Waals surface area (Å²) in [5, 5.41) is 14.6. The van der Waals surface area contributed by atoms with Gasteiger partial charge in [-0.1, -0.05) is 26.0 Å². The number of esters is 2. The van der Waals surface area contributed by atoms with Crippen molar-refractivity contribution in [1.82, 2.24) is 5.32 Å². The van der Waals surface area contributed by atoms with Gasteiger partial charge in [0.1, 0.15) is 5.92 Å². The molecule has 1 aliphatic carbocycles. The van der Waals surface area contributed by atoms with Crippen LogP contribution in [0.15, 0.2) is 46.8 Å². The third-order valence-corrected chi connectivity index (χ3v) is 6.26. The van der Waals surface area contributed by atoms with Crippen LogP contribution in [0, 0.1) is 22.0 Å². The molecule has 0 bridgehead atoms. The molecule has 4 atom stereocenters. The summed E-state index contributed by atoms with van der Waals surface area (Å²) in [6.07, 6.45) is 0.628. The molecule has 33 heavy (non-hydrogen) atoms. The van der Waals surface area contributed by atoms with Gasteiger partial charge < -0.3 is 14.8 Å². The number of nitrogens with one attached hydrogen (secondary N) is 1. The topological polar surface area (TPSA) is 125 Å². The second-order valence-corrected chi connectivity index (χ2v) is 8.51. The van der Waals surface area contributed by atoms with Crippen molar-refractivity contribution in [2.24, 2.45) is 11.8 Å². The molecular formula is C24H28N2O7. The number of Topliss-reactive ketones (excluding diaryl/α,β-unsaturated/α-hetero) is 1. The average Bonchev–Trinajstić information content (AvgIpc) is 2.77. The molecule has 1 aliphatic heterocycles. The van der Waals surface area contributed by atoms with E-state index in [-0.39, 0.29) is 28.9 Å². The summed E-state index contributed by atoms with van der Waals surface area (Å²) in [4.78, 5) is 50.2. The molecule has 0 amide bonds. The van der Waals surface area contributed by atoms with Crippen molar-refractivity contribution in [1.29, 1.82) is 0 Å². The third kappa shape index (κ3) is 4.53. The van der Waals surface area contributed by atoms with Crippen LogP contribution in [-0.2, 0) is 23.9 Å². The van der Waals surface area contributed by atoms with Gasteiger partial charge in [-0.3, -0.25) is 19.7 Å². The van der Waals surface area contributed by atoms with Crippen LogP contribution in [0.2, 0.25) is 0 Å². The lowest BCUT2D eigenvalue weighted by atomic mass is 9.69. The number of ether oxygens (including phenoxy) is 2. The van der Waals surface area contributed by atoms with E-state index in [9.17, 15) is 24.5 Å². The van der Waals surface area contributed by atoms with Crippen molar-refractivity contribution < 1.29 is 28.8 Å². The summed E-state index contributed by atoms with van der Waals surface area (Å²) in [6.45, 7) is 7.14. The second kappa shape index (κ2) is 9.56. The minimum Gasteiger partial charge on any atom is -0.468 e. The van der Waals surface area contributed by atoms with Gasteiger partial charge in [-0.05, 0) is 38.2 Å². The molecule has 1 N–H and O–H groups in total. The average molecular weight is 456 g/mol. The molecule has 1 heterocycles. The van der Waals surface area contributed by atoms with Crippen LogP contribution >= 0.6 is 0 Å². The van der Waals surface area contributed by atoms with Gasteiger partial charge in [-0.25, -0.2) is 4.79 Å². The second-order valence-electron chi connectivity index (χ2n) is 8.51. The van der Waals surface area contributed by atoms with Gasteiger partial charge in [0, 0.05) is 35.0 Å². The fraction of sp³-hybridized carbons (Fsp3) is 0.458. The number of ketones is 1. The summed E-state index contributed by atoms with van der Waals surface area (Å²) in [6, 6.07) is 5.84. The summed E-state index contributed by atoms with van der Waals surface area (Å²) in [7, 11) is 1.22. The number of non-ortho nitro benzene ring substituents is 1. The summed E-state index contributed by atoms with van der Waals surface area (Å²) >= 11 is 0. The molecule has 0 fully saturated rings. The lowest BCUT2D eigenvalue weighted by molar-refractivity contribution is -0.384. The predicted molar refractivity (Wildman–Crippen MR) is 119 cm³/mol. The molecule has 1 aromatic carbocycles. The Kier molecular flexibility index (Phi) is 7.00. The Morgan fingerprint density at radius 1 is 1.33 bits per heavy atom. The summed E-state index contributed by atoms with van der Waals surface area (Å²) in [5.41, 5.74) is 1.78. The van der Waals surface area contributed by atoms with Crippen molar-refractivity contribution in [2.45, 2.75) is 52.6 Å². The number of nitro benzene ring substituents is 1. The SMILES string of the molecule is CC[C@H](C)OC(=O)C1=C(C)NC2=C(C(=O)[C@H](C(=O)OC)[C@H](C)C2)[C@@H]1c1cccc([N+](=O)[O-])c1. The first-order valence-electron chi connectivity index (χ1n) is 10.9. The molecule has 9 heteroatoms. The number of nitrogens with zero attached hydrogens (tertiary/aromatic N) is 1. The van der Waals surface area contributed by atoms with Crippen molar-refractivity contribution in [3.63, 3.8) is 0 Å². The number of carbonyl (C=O) groups is 3. The molecular weight excluding hydrogens is 428 g/mol. The Labute approximate surface area is 192 Å². The van der Waals surface area contributed by atoms with Crippen LogP contribution in [0.3, 0.4) is 0 Å². The highest BCUT2D eigenvalue weighted by atomic mass is 16.6. The fourth-order valence-corrected chi connectivity index (χ4v) is 4.43. The number of hydrogen-bond acceptors (Lipinski definition) is 8. The van der Waals surface area contributed by atoms with Crippen molar-refractivity contribution in [2.75, 3.05) is 7.11 Å². The van der Waals surface area contributed by atoms with Crippen LogP contribution in [0.4, 0.5) is 5.69 Å².